The van der Waals surface area contributed by atoms with Crippen LogP contribution in [0.3, 0.4) is 0 Å². The maximum absolute atomic E-state index is 12.4. The number of aromatic amines is 1. The number of anilines is 1. The number of aromatic nitrogens is 5. The van der Waals surface area contributed by atoms with Gasteiger partial charge < -0.3 is 10.6 Å². The van der Waals surface area contributed by atoms with E-state index in [-0.39, 0.29) is 17.6 Å². The van der Waals surface area contributed by atoms with Gasteiger partial charge in [-0.3, -0.25) is 9.78 Å². The number of fused-ring (bicyclic) bond motifs is 1. The van der Waals surface area contributed by atoms with E-state index in [0.717, 1.165) is 5.69 Å². The Balaban J connectivity index is 1.78. The van der Waals surface area contributed by atoms with Gasteiger partial charge in [0.15, 0.2) is 5.82 Å². The van der Waals surface area contributed by atoms with E-state index < -0.39 is 5.69 Å². The molecule has 0 unspecified atom stereocenters. The molecule has 3 N–H and O–H groups in total. The lowest BCUT2D eigenvalue weighted by molar-refractivity contribution is 0.0948. The van der Waals surface area contributed by atoms with E-state index in [1.807, 2.05) is 32.0 Å². The minimum atomic E-state index is -0.424. The molecule has 0 fully saturated rings. The first-order valence-corrected chi connectivity index (χ1v) is 7.97. The van der Waals surface area contributed by atoms with E-state index >= 15 is 0 Å². The smallest absolute Gasteiger partial charge is 0.347 e. The zero-order chi connectivity index (χ0) is 17.8. The van der Waals surface area contributed by atoms with E-state index in [0.29, 0.717) is 24.4 Å². The summed E-state index contributed by atoms with van der Waals surface area (Å²) in [6.07, 6.45) is 3.70. The van der Waals surface area contributed by atoms with Crippen molar-refractivity contribution in [2.75, 3.05) is 11.9 Å². The maximum Gasteiger partial charge on any atom is 0.347 e. The monoisotopic (exact) mass is 341 g/mol. The van der Waals surface area contributed by atoms with Crippen molar-refractivity contribution in [3.63, 3.8) is 0 Å². The van der Waals surface area contributed by atoms with E-state index in [9.17, 15) is 9.59 Å². The summed E-state index contributed by atoms with van der Waals surface area (Å²) < 4.78 is 1.27. The van der Waals surface area contributed by atoms with Gasteiger partial charge in [0.25, 0.3) is 5.91 Å². The molecule has 0 radical (unpaired) electrons. The summed E-state index contributed by atoms with van der Waals surface area (Å²) in [5.74, 6) is 0.0171. The molecule has 1 amide bonds. The summed E-state index contributed by atoms with van der Waals surface area (Å²) in [4.78, 5) is 32.7. The molecule has 130 valence electrons. The molecule has 9 heteroatoms. The first-order chi connectivity index (χ1) is 12.0. The second-order valence-corrected chi connectivity index (χ2v) is 5.82. The van der Waals surface area contributed by atoms with Crippen molar-refractivity contribution in [3.05, 3.63) is 52.5 Å². The molecule has 0 spiro atoms. The van der Waals surface area contributed by atoms with Crippen LogP contribution in [-0.4, -0.2) is 43.1 Å². The van der Waals surface area contributed by atoms with Gasteiger partial charge in [0.2, 0.25) is 5.65 Å². The van der Waals surface area contributed by atoms with E-state index in [1.54, 1.807) is 6.20 Å². The fourth-order valence-corrected chi connectivity index (χ4v) is 2.33. The number of hydrogen-bond acceptors (Lipinski definition) is 6. The predicted octanol–water partition coefficient (Wildman–Crippen LogP) is 0.605. The molecule has 25 heavy (non-hydrogen) atoms. The maximum atomic E-state index is 12.4. The Bertz CT molecular complexity index is 931. The Kier molecular flexibility index (Phi) is 4.73. The number of rotatable bonds is 6. The van der Waals surface area contributed by atoms with Gasteiger partial charge >= 0.3 is 5.69 Å². The van der Waals surface area contributed by atoms with Crippen LogP contribution in [-0.2, 0) is 6.42 Å². The van der Waals surface area contributed by atoms with E-state index in [2.05, 4.69) is 30.8 Å². The Labute approximate surface area is 143 Å². The normalized spacial score (nSPS) is 11.0. The van der Waals surface area contributed by atoms with Gasteiger partial charge in [-0.05, 0) is 26.0 Å². The van der Waals surface area contributed by atoms with Crippen LogP contribution in [0.2, 0.25) is 0 Å². The molecule has 9 nitrogen and oxygen atoms in total. The van der Waals surface area contributed by atoms with Crippen molar-refractivity contribution in [3.8, 4) is 0 Å². The average Bonchev–Trinajstić information content (AvgIpc) is 2.97. The molecular formula is C16H19N7O2. The SMILES string of the molecule is CC(C)Nc1nc(C(=O)NCCc2ccccn2)cn2c(=O)[nH]nc12. The van der Waals surface area contributed by atoms with Crippen LogP contribution < -0.4 is 16.3 Å². The fourth-order valence-electron chi connectivity index (χ4n) is 2.33. The van der Waals surface area contributed by atoms with Crippen molar-refractivity contribution < 1.29 is 4.79 Å². The molecule has 0 bridgehead atoms. The number of nitrogens with zero attached hydrogens (tertiary/aromatic N) is 4. The van der Waals surface area contributed by atoms with Crippen LogP contribution in [0.15, 0.2) is 35.4 Å². The van der Waals surface area contributed by atoms with Gasteiger partial charge in [0.05, 0.1) is 0 Å². The van der Waals surface area contributed by atoms with Crippen molar-refractivity contribution in [2.24, 2.45) is 0 Å². The van der Waals surface area contributed by atoms with Crippen LogP contribution >= 0.6 is 0 Å². The fraction of sp³-hybridized carbons (Fsp3) is 0.312. The second-order valence-electron chi connectivity index (χ2n) is 5.82. The molecule has 3 heterocycles. The quantitative estimate of drug-likeness (QED) is 0.604. The van der Waals surface area contributed by atoms with Gasteiger partial charge in [-0.1, -0.05) is 6.07 Å². The van der Waals surface area contributed by atoms with E-state index in [4.69, 9.17) is 0 Å². The van der Waals surface area contributed by atoms with E-state index in [1.165, 1.54) is 10.6 Å². The van der Waals surface area contributed by atoms with Crippen molar-refractivity contribution in [1.82, 2.24) is 29.9 Å². The lowest BCUT2D eigenvalue weighted by Crippen LogP contribution is -2.28. The minimum Gasteiger partial charge on any atom is -0.365 e. The highest BCUT2D eigenvalue weighted by Gasteiger charge is 2.15. The van der Waals surface area contributed by atoms with Gasteiger partial charge in [0.1, 0.15) is 5.69 Å². The first kappa shape index (κ1) is 16.6. The number of pyridine rings is 1. The molecule has 0 saturated heterocycles. The van der Waals surface area contributed by atoms with Crippen molar-refractivity contribution in [1.29, 1.82) is 0 Å². The summed E-state index contributed by atoms with van der Waals surface area (Å²) in [6, 6.07) is 5.71. The van der Waals surface area contributed by atoms with Crippen LogP contribution in [0.1, 0.15) is 30.0 Å². The highest BCUT2D eigenvalue weighted by molar-refractivity contribution is 5.93. The number of carbonyl (C=O) groups is 1. The molecule has 0 saturated carbocycles. The number of nitrogens with one attached hydrogen (secondary N) is 3. The minimum absolute atomic E-state index is 0.0746. The van der Waals surface area contributed by atoms with Crippen molar-refractivity contribution >= 4 is 17.4 Å². The second kappa shape index (κ2) is 7.12. The third kappa shape index (κ3) is 3.82. The standard InChI is InChI=1S/C16H19N7O2/c1-10(2)19-13-14-21-22-16(25)23(14)9-12(20-13)15(24)18-8-6-11-5-3-4-7-17-11/h3-5,7,9-10H,6,8H2,1-2H3,(H,18,24)(H,19,20)(H,22,25). The zero-order valence-electron chi connectivity index (χ0n) is 14.0. The van der Waals surface area contributed by atoms with Crippen molar-refractivity contribution in [2.45, 2.75) is 26.3 Å². The predicted molar refractivity (Wildman–Crippen MR) is 92.6 cm³/mol. The van der Waals surface area contributed by atoms with Crippen LogP contribution in [0.4, 0.5) is 5.82 Å². The van der Waals surface area contributed by atoms with Crippen LogP contribution in [0.25, 0.3) is 5.65 Å². The number of hydrogen-bond donors (Lipinski definition) is 3. The van der Waals surface area contributed by atoms with Gasteiger partial charge in [0, 0.05) is 37.1 Å². The Morgan fingerprint density at radius 3 is 2.92 bits per heavy atom. The van der Waals surface area contributed by atoms with Gasteiger partial charge in [-0.2, -0.15) is 0 Å². The molecule has 3 rings (SSSR count). The average molecular weight is 341 g/mol. The van der Waals surface area contributed by atoms with Gasteiger partial charge in [-0.25, -0.2) is 19.3 Å². The third-order valence-corrected chi connectivity index (χ3v) is 3.45. The summed E-state index contributed by atoms with van der Waals surface area (Å²) in [5, 5.41) is 12.2. The summed E-state index contributed by atoms with van der Waals surface area (Å²) in [6.45, 7) is 4.29. The van der Waals surface area contributed by atoms with Crippen LogP contribution in [0, 0.1) is 0 Å². The first-order valence-electron chi connectivity index (χ1n) is 7.97. The number of H-pyrrole nitrogens is 1. The summed E-state index contributed by atoms with van der Waals surface area (Å²) in [5.41, 5.74) is 0.954. The molecular weight excluding hydrogens is 322 g/mol. The Morgan fingerprint density at radius 2 is 2.20 bits per heavy atom. The topological polar surface area (TPSA) is 117 Å². The third-order valence-electron chi connectivity index (χ3n) is 3.45. The molecule has 3 aromatic rings. The highest BCUT2D eigenvalue weighted by atomic mass is 16.2. The molecule has 0 aliphatic carbocycles. The number of carbonyl (C=O) groups excluding carboxylic acids is 1. The Hall–Kier alpha value is -3.23. The largest absolute Gasteiger partial charge is 0.365 e. The number of amides is 1. The molecule has 0 aliphatic heterocycles. The molecule has 3 aromatic heterocycles. The lowest BCUT2D eigenvalue weighted by Gasteiger charge is -2.11. The zero-order valence-corrected chi connectivity index (χ0v) is 14.0. The highest BCUT2D eigenvalue weighted by Crippen LogP contribution is 2.12. The summed E-state index contributed by atoms with van der Waals surface area (Å²) in [7, 11) is 0. The van der Waals surface area contributed by atoms with Gasteiger partial charge in [-0.15, -0.1) is 5.10 Å². The molecule has 0 aromatic carbocycles. The molecule has 0 atom stereocenters. The lowest BCUT2D eigenvalue weighted by atomic mass is 10.2. The molecule has 0 aliphatic rings. The summed E-state index contributed by atoms with van der Waals surface area (Å²) >= 11 is 0. The van der Waals surface area contributed by atoms with Crippen LogP contribution in [0.5, 0.6) is 0 Å². The Morgan fingerprint density at radius 1 is 1.36 bits per heavy atom.